The number of hydrogen-bond donors (Lipinski definition) is 0. The highest BCUT2D eigenvalue weighted by molar-refractivity contribution is 7.81. The smallest absolute Gasteiger partial charge is 0.0621 e. The van der Waals surface area contributed by atoms with Gasteiger partial charge in [0.05, 0.1) is 5.69 Å². The molecule has 0 aliphatic rings. The summed E-state index contributed by atoms with van der Waals surface area (Å²) in [6.45, 7) is 2.29. The minimum absolute atomic E-state index is 0.314. The Morgan fingerprint density at radius 2 is 1.00 bits per heavy atom. The van der Waals surface area contributed by atoms with Crippen molar-refractivity contribution in [3.63, 3.8) is 0 Å². The maximum atomic E-state index is 5.59. The highest BCUT2D eigenvalue weighted by Gasteiger charge is 2.34. The number of nitrogens with zero attached hydrogens (tertiary/aromatic N) is 1. The van der Waals surface area contributed by atoms with Crippen molar-refractivity contribution < 1.29 is 0 Å². The summed E-state index contributed by atoms with van der Waals surface area (Å²) in [7, 11) is -2.13. The Hall–Kier alpha value is -2.89. The standard InChI is InChI=1S/C27H26NP/c1-2-27(23-15-7-3-8-16-23)29(25-19-11-5-12-20-25,26-21-13-6-14-22-26)28-24-17-9-4-10-18-24/h3-22,27H,2H2,1H3. The number of benzene rings is 4. The van der Waals surface area contributed by atoms with E-state index in [2.05, 4.69) is 128 Å². The molecule has 4 rings (SSSR count). The first-order valence-electron chi connectivity index (χ1n) is 10.2. The summed E-state index contributed by atoms with van der Waals surface area (Å²) in [5, 5.41) is 2.65. The predicted octanol–water partition coefficient (Wildman–Crippen LogP) is 7.32. The molecule has 0 fully saturated rings. The topological polar surface area (TPSA) is 12.4 Å². The van der Waals surface area contributed by atoms with Crippen molar-refractivity contribution in [3.8, 4) is 0 Å². The number of hydrogen-bond acceptors (Lipinski definition) is 1. The Bertz CT molecular complexity index is 1030. The van der Waals surface area contributed by atoms with E-state index < -0.39 is 7.05 Å². The third-order valence-corrected chi connectivity index (χ3v) is 9.63. The first-order chi connectivity index (χ1) is 14.3. The van der Waals surface area contributed by atoms with E-state index in [9.17, 15) is 0 Å². The van der Waals surface area contributed by atoms with Crippen LogP contribution in [0.5, 0.6) is 0 Å². The molecule has 29 heavy (non-hydrogen) atoms. The fourth-order valence-corrected chi connectivity index (χ4v) is 8.34. The lowest BCUT2D eigenvalue weighted by Crippen LogP contribution is -2.21. The van der Waals surface area contributed by atoms with Gasteiger partial charge in [0, 0.05) is 12.7 Å². The first-order valence-corrected chi connectivity index (χ1v) is 12.0. The fourth-order valence-electron chi connectivity index (χ4n) is 4.07. The molecule has 0 saturated heterocycles. The molecule has 0 amide bonds. The molecule has 0 heterocycles. The van der Waals surface area contributed by atoms with E-state index in [-0.39, 0.29) is 0 Å². The van der Waals surface area contributed by atoms with E-state index in [1.54, 1.807) is 0 Å². The molecule has 0 aliphatic heterocycles. The second-order valence-corrected chi connectivity index (χ2v) is 10.4. The van der Waals surface area contributed by atoms with E-state index in [1.807, 2.05) is 0 Å². The molecule has 0 radical (unpaired) electrons. The van der Waals surface area contributed by atoms with Crippen molar-refractivity contribution >= 4 is 23.4 Å². The van der Waals surface area contributed by atoms with Crippen LogP contribution in [0, 0.1) is 0 Å². The van der Waals surface area contributed by atoms with Gasteiger partial charge in [-0.05, 0) is 34.7 Å². The summed E-state index contributed by atoms with van der Waals surface area (Å²) in [6, 6.07) is 43.2. The fraction of sp³-hybridized carbons (Fsp3) is 0.111. The molecular formula is C27H26NP. The molecule has 0 N–H and O–H groups in total. The first kappa shape index (κ1) is 19.4. The molecule has 0 aliphatic carbocycles. The van der Waals surface area contributed by atoms with Crippen LogP contribution in [0.4, 0.5) is 5.69 Å². The van der Waals surface area contributed by atoms with Gasteiger partial charge in [0.15, 0.2) is 0 Å². The molecule has 0 saturated carbocycles. The lowest BCUT2D eigenvalue weighted by atomic mass is 10.1. The molecule has 4 aromatic carbocycles. The van der Waals surface area contributed by atoms with Gasteiger partial charge in [-0.3, -0.25) is 4.74 Å². The van der Waals surface area contributed by atoms with Crippen molar-refractivity contribution in [1.29, 1.82) is 0 Å². The van der Waals surface area contributed by atoms with Gasteiger partial charge in [-0.2, -0.15) is 0 Å². The highest BCUT2D eigenvalue weighted by Crippen LogP contribution is 2.62. The summed E-state index contributed by atoms with van der Waals surface area (Å²) in [5.41, 5.74) is 2.72. The Labute approximate surface area is 174 Å². The predicted molar refractivity (Wildman–Crippen MR) is 127 cm³/mol. The zero-order valence-corrected chi connectivity index (χ0v) is 17.6. The van der Waals surface area contributed by atoms with Crippen molar-refractivity contribution in [3.05, 3.63) is 127 Å². The molecule has 1 unspecified atom stereocenters. The van der Waals surface area contributed by atoms with Crippen LogP contribution in [0.25, 0.3) is 0 Å². The molecule has 1 atom stereocenters. The van der Waals surface area contributed by atoms with Gasteiger partial charge in [-0.25, -0.2) is 0 Å². The van der Waals surface area contributed by atoms with Crippen molar-refractivity contribution in [2.75, 3.05) is 0 Å². The van der Waals surface area contributed by atoms with Gasteiger partial charge in [0.25, 0.3) is 0 Å². The average molecular weight is 395 g/mol. The van der Waals surface area contributed by atoms with Gasteiger partial charge in [-0.1, -0.05) is 116 Å². The molecule has 0 aromatic heterocycles. The summed E-state index contributed by atoms with van der Waals surface area (Å²) < 4.78 is 5.59. The molecule has 2 heteroatoms. The zero-order chi connectivity index (χ0) is 19.9. The molecule has 144 valence electrons. The van der Waals surface area contributed by atoms with Crippen molar-refractivity contribution in [2.24, 2.45) is 4.74 Å². The molecule has 0 bridgehead atoms. The van der Waals surface area contributed by atoms with E-state index in [0.29, 0.717) is 5.66 Å². The quantitative estimate of drug-likeness (QED) is 0.303. The average Bonchev–Trinajstić information content (AvgIpc) is 2.81. The van der Waals surface area contributed by atoms with Gasteiger partial charge in [0.2, 0.25) is 0 Å². The van der Waals surface area contributed by atoms with E-state index >= 15 is 0 Å². The van der Waals surface area contributed by atoms with Crippen LogP contribution in [0.2, 0.25) is 0 Å². The second-order valence-electron chi connectivity index (χ2n) is 7.13. The third kappa shape index (κ3) is 3.97. The maximum Gasteiger partial charge on any atom is 0.0621 e. The lowest BCUT2D eigenvalue weighted by molar-refractivity contribution is 0.882. The molecular weight excluding hydrogens is 369 g/mol. The summed E-state index contributed by atoms with van der Waals surface area (Å²) in [6.07, 6.45) is 1.03. The van der Waals surface area contributed by atoms with Crippen molar-refractivity contribution in [2.45, 2.75) is 19.0 Å². The van der Waals surface area contributed by atoms with Crippen LogP contribution in [0.3, 0.4) is 0 Å². The van der Waals surface area contributed by atoms with E-state index in [4.69, 9.17) is 4.74 Å². The Morgan fingerprint density at radius 1 is 0.586 bits per heavy atom. The van der Waals surface area contributed by atoms with Crippen LogP contribution in [-0.2, 0) is 0 Å². The summed E-state index contributed by atoms with van der Waals surface area (Å²) in [4.78, 5) is 0. The van der Waals surface area contributed by atoms with Crippen LogP contribution < -0.4 is 10.6 Å². The minimum Gasteiger partial charge on any atom is -0.258 e. The zero-order valence-electron chi connectivity index (χ0n) is 16.7. The van der Waals surface area contributed by atoms with Crippen LogP contribution in [0.15, 0.2) is 126 Å². The minimum atomic E-state index is -2.13. The lowest BCUT2D eigenvalue weighted by Gasteiger charge is -2.34. The van der Waals surface area contributed by atoms with Gasteiger partial charge >= 0.3 is 0 Å². The Balaban J connectivity index is 2.10. The molecule has 1 nitrogen and oxygen atoms in total. The van der Waals surface area contributed by atoms with E-state index in [0.717, 1.165) is 12.1 Å². The summed E-state index contributed by atoms with van der Waals surface area (Å²) >= 11 is 0. The SMILES string of the molecule is CCC(c1ccccc1)P(=Nc1ccccc1)(c1ccccc1)c1ccccc1. The van der Waals surface area contributed by atoms with Gasteiger partial charge in [-0.15, -0.1) is 0 Å². The molecule has 0 spiro atoms. The highest BCUT2D eigenvalue weighted by atomic mass is 31.2. The van der Waals surface area contributed by atoms with Crippen LogP contribution in [0.1, 0.15) is 24.6 Å². The largest absolute Gasteiger partial charge is 0.258 e. The van der Waals surface area contributed by atoms with E-state index in [1.165, 1.54) is 16.2 Å². The van der Waals surface area contributed by atoms with Crippen LogP contribution in [-0.4, -0.2) is 0 Å². The van der Waals surface area contributed by atoms with Gasteiger partial charge < -0.3 is 0 Å². The van der Waals surface area contributed by atoms with Gasteiger partial charge in [0.1, 0.15) is 0 Å². The van der Waals surface area contributed by atoms with Crippen molar-refractivity contribution in [1.82, 2.24) is 0 Å². The maximum absolute atomic E-state index is 5.59. The Kier molecular flexibility index (Phi) is 6.08. The normalized spacial score (nSPS) is 12.3. The third-order valence-electron chi connectivity index (χ3n) is 5.35. The summed E-state index contributed by atoms with van der Waals surface area (Å²) in [5.74, 6) is 0. The monoisotopic (exact) mass is 395 g/mol. The Morgan fingerprint density at radius 3 is 1.45 bits per heavy atom. The molecule has 4 aromatic rings. The van der Waals surface area contributed by atoms with Crippen LogP contribution >= 0.6 is 7.05 Å². The second kappa shape index (κ2) is 9.07. The number of rotatable bonds is 6.